The third-order valence-corrected chi connectivity index (χ3v) is 5.13. The van der Waals surface area contributed by atoms with Crippen molar-refractivity contribution in [3.8, 4) is 11.5 Å². The fourth-order valence-corrected chi connectivity index (χ4v) is 3.96. The zero-order valence-electron chi connectivity index (χ0n) is 11.6. The largest absolute Gasteiger partial charge is 0.486 e. The lowest BCUT2D eigenvalue weighted by Gasteiger charge is -2.31. The molecular weight excluding hydrogens is 260 g/mol. The van der Waals surface area contributed by atoms with Crippen LogP contribution in [0.25, 0.3) is 0 Å². The third-order valence-electron chi connectivity index (χ3n) is 4.58. The first-order chi connectivity index (χ1) is 9.08. The maximum absolute atomic E-state index is 6.74. The molecule has 1 heterocycles. The topological polar surface area (TPSA) is 18.5 Å². The second-order valence-electron chi connectivity index (χ2n) is 6.29. The first kappa shape index (κ1) is 13.1. The fourth-order valence-electron chi connectivity index (χ4n) is 3.36. The van der Waals surface area contributed by atoms with Gasteiger partial charge in [-0.25, -0.2) is 0 Å². The van der Waals surface area contributed by atoms with Crippen molar-refractivity contribution in [2.75, 3.05) is 13.2 Å². The van der Waals surface area contributed by atoms with Gasteiger partial charge in [-0.1, -0.05) is 26.3 Å². The smallest absolute Gasteiger partial charge is 0.161 e. The summed E-state index contributed by atoms with van der Waals surface area (Å²) < 4.78 is 11.2. The van der Waals surface area contributed by atoms with Crippen LogP contribution in [0, 0.1) is 11.3 Å². The van der Waals surface area contributed by atoms with E-state index in [0.29, 0.717) is 24.5 Å². The molecule has 104 valence electrons. The van der Waals surface area contributed by atoms with Crippen LogP contribution in [0.5, 0.6) is 11.5 Å². The van der Waals surface area contributed by atoms with Gasteiger partial charge in [-0.2, -0.15) is 0 Å². The van der Waals surface area contributed by atoms with Gasteiger partial charge in [0.15, 0.2) is 11.5 Å². The maximum Gasteiger partial charge on any atom is 0.161 e. The second-order valence-corrected chi connectivity index (χ2v) is 6.76. The van der Waals surface area contributed by atoms with Crippen molar-refractivity contribution in [3.05, 3.63) is 23.8 Å². The molecular formula is C16H21ClO2. The highest BCUT2D eigenvalue weighted by atomic mass is 35.5. The van der Waals surface area contributed by atoms with Gasteiger partial charge in [-0.05, 0) is 41.9 Å². The minimum absolute atomic E-state index is 0.0633. The highest BCUT2D eigenvalue weighted by Crippen LogP contribution is 2.51. The molecule has 1 aromatic rings. The molecule has 2 aliphatic rings. The molecule has 1 aliphatic heterocycles. The summed E-state index contributed by atoms with van der Waals surface area (Å²) in [4.78, 5) is 0. The van der Waals surface area contributed by atoms with E-state index in [1.165, 1.54) is 19.3 Å². The molecule has 3 rings (SSSR count). The van der Waals surface area contributed by atoms with Gasteiger partial charge in [0.1, 0.15) is 13.2 Å². The van der Waals surface area contributed by atoms with Crippen LogP contribution in [-0.4, -0.2) is 13.2 Å². The summed E-state index contributed by atoms with van der Waals surface area (Å²) in [7, 11) is 0. The molecule has 0 N–H and O–H groups in total. The summed E-state index contributed by atoms with van der Waals surface area (Å²) >= 11 is 6.74. The summed E-state index contributed by atoms with van der Waals surface area (Å²) in [5.41, 5.74) is 1.49. The van der Waals surface area contributed by atoms with Gasteiger partial charge in [-0.3, -0.25) is 0 Å². The second kappa shape index (κ2) is 4.90. The van der Waals surface area contributed by atoms with Crippen LogP contribution in [-0.2, 0) is 0 Å². The van der Waals surface area contributed by atoms with Crippen LogP contribution in [0.4, 0.5) is 0 Å². The molecule has 2 atom stereocenters. The number of benzene rings is 1. The summed E-state index contributed by atoms with van der Waals surface area (Å²) in [6.45, 7) is 5.92. The Morgan fingerprint density at radius 2 is 1.95 bits per heavy atom. The number of halogens is 1. The van der Waals surface area contributed by atoms with E-state index in [9.17, 15) is 0 Å². The number of hydrogen-bond donors (Lipinski definition) is 0. The molecule has 0 bridgehead atoms. The molecule has 3 heteroatoms. The molecule has 0 amide bonds. The number of alkyl halides is 1. The monoisotopic (exact) mass is 280 g/mol. The van der Waals surface area contributed by atoms with Crippen molar-refractivity contribution in [1.29, 1.82) is 0 Å². The van der Waals surface area contributed by atoms with Crippen LogP contribution < -0.4 is 9.47 Å². The van der Waals surface area contributed by atoms with Gasteiger partial charge >= 0.3 is 0 Å². The summed E-state index contributed by atoms with van der Waals surface area (Å²) in [5, 5.41) is 0.0633. The van der Waals surface area contributed by atoms with E-state index in [-0.39, 0.29) is 5.38 Å². The number of fused-ring (bicyclic) bond motifs is 1. The molecule has 19 heavy (non-hydrogen) atoms. The van der Waals surface area contributed by atoms with Crippen LogP contribution in [0.15, 0.2) is 18.2 Å². The van der Waals surface area contributed by atoms with E-state index < -0.39 is 0 Å². The van der Waals surface area contributed by atoms with E-state index in [4.69, 9.17) is 21.1 Å². The Bertz CT molecular complexity index is 470. The highest BCUT2D eigenvalue weighted by Gasteiger charge is 2.39. The van der Waals surface area contributed by atoms with Crippen molar-refractivity contribution in [1.82, 2.24) is 0 Å². The van der Waals surface area contributed by atoms with Gasteiger partial charge < -0.3 is 9.47 Å². The first-order valence-electron chi connectivity index (χ1n) is 7.11. The minimum atomic E-state index is 0.0633. The van der Waals surface area contributed by atoms with E-state index in [2.05, 4.69) is 26.0 Å². The quantitative estimate of drug-likeness (QED) is 0.739. The Morgan fingerprint density at radius 1 is 1.21 bits per heavy atom. The van der Waals surface area contributed by atoms with Crippen molar-refractivity contribution in [2.24, 2.45) is 11.3 Å². The lowest BCUT2D eigenvalue weighted by Crippen LogP contribution is -2.22. The zero-order chi connectivity index (χ0) is 13.5. The molecule has 1 saturated carbocycles. The van der Waals surface area contributed by atoms with Crippen molar-refractivity contribution in [3.63, 3.8) is 0 Å². The maximum atomic E-state index is 6.74. The Kier molecular flexibility index (Phi) is 3.38. The fraction of sp³-hybridized carbons (Fsp3) is 0.625. The Labute approximate surface area is 120 Å². The average molecular weight is 281 g/mol. The molecule has 0 spiro atoms. The highest BCUT2D eigenvalue weighted by molar-refractivity contribution is 6.21. The molecule has 2 nitrogen and oxygen atoms in total. The third kappa shape index (κ3) is 2.43. The standard InChI is InChI=1S/C16H21ClO2/c1-16(2)7-3-4-12(16)15(17)11-5-6-13-14(10-11)19-9-8-18-13/h5-6,10,12,15H,3-4,7-9H2,1-2H3. The zero-order valence-corrected chi connectivity index (χ0v) is 12.4. The Morgan fingerprint density at radius 3 is 2.63 bits per heavy atom. The van der Waals surface area contributed by atoms with Crippen molar-refractivity contribution in [2.45, 2.75) is 38.5 Å². The lowest BCUT2D eigenvalue weighted by atomic mass is 9.78. The summed E-state index contributed by atoms with van der Waals surface area (Å²) in [6.07, 6.45) is 3.77. The molecule has 2 unspecified atom stereocenters. The lowest BCUT2D eigenvalue weighted by molar-refractivity contribution is 0.171. The first-order valence-corrected chi connectivity index (χ1v) is 7.55. The van der Waals surface area contributed by atoms with E-state index in [1.54, 1.807) is 0 Å². The van der Waals surface area contributed by atoms with Crippen molar-refractivity contribution >= 4 is 11.6 Å². The Hall–Kier alpha value is -0.890. The van der Waals surface area contributed by atoms with Gasteiger partial charge in [0.2, 0.25) is 0 Å². The van der Waals surface area contributed by atoms with Crippen LogP contribution >= 0.6 is 11.6 Å². The average Bonchev–Trinajstić information content (AvgIpc) is 2.77. The van der Waals surface area contributed by atoms with Gasteiger partial charge in [0.05, 0.1) is 5.38 Å². The molecule has 0 radical (unpaired) electrons. The van der Waals surface area contributed by atoms with E-state index >= 15 is 0 Å². The predicted octanol–water partition coefficient (Wildman–Crippen LogP) is 4.56. The summed E-state index contributed by atoms with van der Waals surface area (Å²) in [6, 6.07) is 6.13. The number of hydrogen-bond acceptors (Lipinski definition) is 2. The Balaban J connectivity index is 1.85. The summed E-state index contributed by atoms with van der Waals surface area (Å²) in [5.74, 6) is 2.21. The normalized spacial score (nSPS) is 26.2. The number of rotatable bonds is 2. The van der Waals surface area contributed by atoms with Crippen LogP contribution in [0.2, 0.25) is 0 Å². The predicted molar refractivity (Wildman–Crippen MR) is 77.1 cm³/mol. The van der Waals surface area contributed by atoms with Crippen molar-refractivity contribution < 1.29 is 9.47 Å². The minimum Gasteiger partial charge on any atom is -0.486 e. The van der Waals surface area contributed by atoms with Gasteiger partial charge in [0, 0.05) is 0 Å². The van der Waals surface area contributed by atoms with Gasteiger partial charge in [0.25, 0.3) is 0 Å². The molecule has 1 aliphatic carbocycles. The SMILES string of the molecule is CC1(C)CCCC1C(Cl)c1ccc2c(c1)OCCO2. The van der Waals surface area contributed by atoms with Crippen LogP contribution in [0.3, 0.4) is 0 Å². The van der Waals surface area contributed by atoms with E-state index in [1.807, 2.05) is 6.07 Å². The van der Waals surface area contributed by atoms with Gasteiger partial charge in [-0.15, -0.1) is 11.6 Å². The molecule has 1 aromatic carbocycles. The molecule has 1 fully saturated rings. The molecule has 0 aromatic heterocycles. The molecule has 0 saturated heterocycles. The number of ether oxygens (including phenoxy) is 2. The van der Waals surface area contributed by atoms with E-state index in [0.717, 1.165) is 17.1 Å². The van der Waals surface area contributed by atoms with Crippen LogP contribution in [0.1, 0.15) is 44.1 Å².